The molecule has 1 saturated carbocycles. The average molecular weight is 330 g/mol. The lowest BCUT2D eigenvalue weighted by molar-refractivity contribution is -0.100. The molecule has 1 fully saturated rings. The van der Waals surface area contributed by atoms with Crippen LogP contribution in [-0.4, -0.2) is 22.4 Å². The summed E-state index contributed by atoms with van der Waals surface area (Å²) in [6.07, 6.45) is 9.19. The summed E-state index contributed by atoms with van der Waals surface area (Å²) in [7, 11) is 0. The van der Waals surface area contributed by atoms with Crippen LogP contribution in [0.2, 0.25) is 0 Å². The summed E-state index contributed by atoms with van der Waals surface area (Å²) in [5.74, 6) is 1.69. The first-order chi connectivity index (χ1) is 11.5. The second-order valence-corrected chi connectivity index (χ2v) is 7.53. The quantitative estimate of drug-likeness (QED) is 0.790. The van der Waals surface area contributed by atoms with E-state index in [0.29, 0.717) is 0 Å². The molecule has 1 unspecified atom stereocenters. The molecule has 0 bridgehead atoms. The normalized spacial score (nSPS) is 25.1. The van der Waals surface area contributed by atoms with E-state index in [4.69, 9.17) is 9.47 Å². The Kier molecular flexibility index (Phi) is 4.91. The van der Waals surface area contributed by atoms with Crippen LogP contribution in [0.3, 0.4) is 0 Å². The minimum atomic E-state index is -0.831. The second-order valence-electron chi connectivity index (χ2n) is 7.53. The van der Waals surface area contributed by atoms with E-state index in [1.54, 1.807) is 0 Å². The van der Waals surface area contributed by atoms with E-state index in [1.807, 2.05) is 44.2 Å². The van der Waals surface area contributed by atoms with Crippen molar-refractivity contribution in [1.29, 1.82) is 0 Å². The van der Waals surface area contributed by atoms with Gasteiger partial charge in [0.05, 0.1) is 6.10 Å². The van der Waals surface area contributed by atoms with Gasteiger partial charge in [-0.15, -0.1) is 0 Å². The third-order valence-corrected chi connectivity index (χ3v) is 5.30. The van der Waals surface area contributed by atoms with Gasteiger partial charge in [-0.2, -0.15) is 0 Å². The molecule has 0 amide bonds. The van der Waals surface area contributed by atoms with Gasteiger partial charge < -0.3 is 14.6 Å². The van der Waals surface area contributed by atoms with Crippen molar-refractivity contribution in [3.63, 3.8) is 0 Å². The third kappa shape index (κ3) is 3.19. The van der Waals surface area contributed by atoms with Crippen molar-refractivity contribution in [2.45, 2.75) is 83.0 Å². The van der Waals surface area contributed by atoms with E-state index in [-0.39, 0.29) is 6.10 Å². The van der Waals surface area contributed by atoms with Crippen molar-refractivity contribution in [1.82, 2.24) is 0 Å². The summed E-state index contributed by atoms with van der Waals surface area (Å²) in [5.41, 5.74) is -0.225. The molecule has 1 aromatic carbocycles. The molecular formula is C21H30O3. The van der Waals surface area contributed by atoms with E-state index in [2.05, 4.69) is 6.92 Å². The Balaban J connectivity index is 1.84. The Bertz CT molecular complexity index is 582. The molecule has 3 heteroatoms. The lowest BCUT2D eigenvalue weighted by Gasteiger charge is -2.38. The molecule has 0 aromatic heterocycles. The molecule has 2 aliphatic rings. The number of hydrogen-bond donors (Lipinski definition) is 1. The van der Waals surface area contributed by atoms with Crippen LogP contribution in [0.4, 0.5) is 0 Å². The van der Waals surface area contributed by atoms with Gasteiger partial charge in [-0.25, -0.2) is 0 Å². The van der Waals surface area contributed by atoms with E-state index < -0.39 is 11.2 Å². The predicted octanol–water partition coefficient (Wildman–Crippen LogP) is 5.08. The van der Waals surface area contributed by atoms with Gasteiger partial charge in [0.25, 0.3) is 0 Å². The predicted molar refractivity (Wildman–Crippen MR) is 96.9 cm³/mol. The van der Waals surface area contributed by atoms with Gasteiger partial charge in [-0.3, -0.25) is 0 Å². The smallest absolute Gasteiger partial charge is 0.141 e. The summed E-state index contributed by atoms with van der Waals surface area (Å²) in [6.45, 7) is 6.21. The van der Waals surface area contributed by atoms with Crippen molar-refractivity contribution in [2.75, 3.05) is 0 Å². The molecule has 3 nitrogen and oxygen atoms in total. The molecule has 24 heavy (non-hydrogen) atoms. The van der Waals surface area contributed by atoms with Crippen molar-refractivity contribution >= 4 is 5.76 Å². The van der Waals surface area contributed by atoms with Crippen LogP contribution in [0.25, 0.3) is 5.76 Å². The van der Waals surface area contributed by atoms with Crippen molar-refractivity contribution in [3.8, 4) is 5.75 Å². The third-order valence-electron chi connectivity index (χ3n) is 5.30. The zero-order valence-corrected chi connectivity index (χ0v) is 15.2. The number of aliphatic hydroxyl groups is 1. The fourth-order valence-electron chi connectivity index (χ4n) is 4.02. The molecule has 1 aliphatic carbocycles. The van der Waals surface area contributed by atoms with E-state index in [1.165, 1.54) is 0 Å². The topological polar surface area (TPSA) is 38.7 Å². The van der Waals surface area contributed by atoms with Crippen LogP contribution in [0.5, 0.6) is 5.75 Å². The highest BCUT2D eigenvalue weighted by Gasteiger charge is 2.56. The maximum Gasteiger partial charge on any atom is 0.141 e. The fraction of sp³-hybridized carbons (Fsp3) is 0.619. The van der Waals surface area contributed by atoms with Gasteiger partial charge in [0.15, 0.2) is 0 Å². The van der Waals surface area contributed by atoms with Gasteiger partial charge in [0.2, 0.25) is 0 Å². The first-order valence-corrected chi connectivity index (χ1v) is 9.39. The number of benzene rings is 1. The molecule has 132 valence electrons. The molecule has 0 radical (unpaired) electrons. The summed E-state index contributed by atoms with van der Waals surface area (Å²) in [4.78, 5) is 0. The Hall–Kier alpha value is -1.48. The zero-order chi connectivity index (χ0) is 17.2. The second kappa shape index (κ2) is 6.79. The minimum absolute atomic E-state index is 0.165. The standard InChI is InChI=1S/C21H30O3/c1-4-5-12-20(22)15-19(24-21(20)13-6-7-14-21)17-8-10-18(11-9-17)23-16(2)3/h8-11,15-16,22H,4-7,12-14H2,1-3H3. The molecule has 3 rings (SSSR count). The highest BCUT2D eigenvalue weighted by molar-refractivity contribution is 5.65. The number of unbranched alkanes of at least 4 members (excludes halogenated alkanes) is 1. The Labute approximate surface area is 145 Å². The Morgan fingerprint density at radius 3 is 2.42 bits per heavy atom. The first-order valence-electron chi connectivity index (χ1n) is 9.39. The molecule has 1 spiro atoms. The fourth-order valence-corrected chi connectivity index (χ4v) is 4.02. The summed E-state index contributed by atoms with van der Waals surface area (Å²) >= 11 is 0. The van der Waals surface area contributed by atoms with E-state index in [0.717, 1.165) is 62.0 Å². The van der Waals surface area contributed by atoms with E-state index >= 15 is 0 Å². The van der Waals surface area contributed by atoms with Crippen molar-refractivity contribution in [3.05, 3.63) is 35.9 Å². The van der Waals surface area contributed by atoms with E-state index in [9.17, 15) is 5.11 Å². The monoisotopic (exact) mass is 330 g/mol. The van der Waals surface area contributed by atoms with Crippen LogP contribution in [0.15, 0.2) is 30.3 Å². The van der Waals surface area contributed by atoms with Crippen LogP contribution in [0.1, 0.15) is 71.3 Å². The largest absolute Gasteiger partial charge is 0.491 e. The average Bonchev–Trinajstić information content (AvgIpc) is 3.13. The Morgan fingerprint density at radius 2 is 1.83 bits per heavy atom. The minimum Gasteiger partial charge on any atom is -0.491 e. The van der Waals surface area contributed by atoms with Crippen LogP contribution >= 0.6 is 0 Å². The van der Waals surface area contributed by atoms with Gasteiger partial charge >= 0.3 is 0 Å². The molecule has 1 aromatic rings. The highest BCUT2D eigenvalue weighted by Crippen LogP contribution is 2.52. The lowest BCUT2D eigenvalue weighted by Crippen LogP contribution is -2.49. The Morgan fingerprint density at radius 1 is 1.17 bits per heavy atom. The summed E-state index contributed by atoms with van der Waals surface area (Å²) in [6, 6.07) is 8.00. The first kappa shape index (κ1) is 17.3. The van der Waals surface area contributed by atoms with Crippen LogP contribution in [-0.2, 0) is 4.74 Å². The number of rotatable bonds is 6. The number of ether oxygens (including phenoxy) is 2. The summed E-state index contributed by atoms with van der Waals surface area (Å²) < 4.78 is 12.1. The van der Waals surface area contributed by atoms with Gasteiger partial charge in [-0.05, 0) is 76.3 Å². The molecule has 1 heterocycles. The maximum atomic E-state index is 11.4. The molecular weight excluding hydrogens is 300 g/mol. The van der Waals surface area contributed by atoms with Gasteiger partial charge in [-0.1, -0.05) is 19.8 Å². The van der Waals surface area contributed by atoms with Crippen molar-refractivity contribution < 1.29 is 14.6 Å². The van der Waals surface area contributed by atoms with Gasteiger partial charge in [0, 0.05) is 5.56 Å². The SMILES string of the molecule is CCCCC1(O)C=C(c2ccc(OC(C)C)cc2)OC12CCCC2. The molecule has 1 atom stereocenters. The lowest BCUT2D eigenvalue weighted by atomic mass is 9.79. The molecule has 0 saturated heterocycles. The highest BCUT2D eigenvalue weighted by atomic mass is 16.5. The van der Waals surface area contributed by atoms with Crippen LogP contribution in [0, 0.1) is 0 Å². The van der Waals surface area contributed by atoms with Crippen LogP contribution < -0.4 is 4.74 Å². The van der Waals surface area contributed by atoms with Gasteiger partial charge in [0.1, 0.15) is 22.7 Å². The molecule has 1 aliphatic heterocycles. The zero-order valence-electron chi connectivity index (χ0n) is 15.2. The molecule has 1 N–H and O–H groups in total. The van der Waals surface area contributed by atoms with Crippen molar-refractivity contribution in [2.24, 2.45) is 0 Å². The summed E-state index contributed by atoms with van der Waals surface area (Å²) in [5, 5.41) is 11.4. The maximum absolute atomic E-state index is 11.4. The number of hydrogen-bond acceptors (Lipinski definition) is 3.